The van der Waals surface area contributed by atoms with E-state index >= 15 is 0 Å². The third-order valence-electron chi connectivity index (χ3n) is 3.17. The summed E-state index contributed by atoms with van der Waals surface area (Å²) >= 11 is 11.9. The molecule has 0 saturated heterocycles. The molecule has 4 heteroatoms. The van der Waals surface area contributed by atoms with Gasteiger partial charge in [-0.1, -0.05) is 29.3 Å². The molecule has 0 fully saturated rings. The predicted octanol–water partition coefficient (Wildman–Crippen LogP) is 4.54. The van der Waals surface area contributed by atoms with E-state index < -0.39 is 0 Å². The van der Waals surface area contributed by atoms with Crippen molar-refractivity contribution in [2.45, 2.75) is 13.0 Å². The smallest absolute Gasteiger partial charge is 0.122 e. The average Bonchev–Trinajstić information content (AvgIpc) is 2.87. The van der Waals surface area contributed by atoms with E-state index in [1.54, 1.807) is 0 Å². The van der Waals surface area contributed by atoms with Gasteiger partial charge in [0.25, 0.3) is 0 Å². The first-order chi connectivity index (χ1) is 9.22. The second-order valence-electron chi connectivity index (χ2n) is 4.52. The standard InChI is InChI=1S/C15H13Cl2NO/c16-13-3-1-10(7-14(13)17)9-18-12-2-4-15-11(8-12)5-6-19-15/h1-4,7-8,18H,5-6,9H2. The van der Waals surface area contributed by atoms with Crippen LogP contribution in [0.15, 0.2) is 36.4 Å². The van der Waals surface area contributed by atoms with Gasteiger partial charge in [-0.15, -0.1) is 0 Å². The van der Waals surface area contributed by atoms with Crippen LogP contribution in [0.5, 0.6) is 5.75 Å². The second-order valence-corrected chi connectivity index (χ2v) is 5.34. The molecule has 98 valence electrons. The van der Waals surface area contributed by atoms with Crippen LogP contribution >= 0.6 is 23.2 Å². The topological polar surface area (TPSA) is 21.3 Å². The average molecular weight is 294 g/mol. The van der Waals surface area contributed by atoms with Crippen LogP contribution in [0.3, 0.4) is 0 Å². The minimum absolute atomic E-state index is 0.583. The summed E-state index contributed by atoms with van der Waals surface area (Å²) in [5.74, 6) is 1.00. The van der Waals surface area contributed by atoms with Crippen molar-refractivity contribution in [2.24, 2.45) is 0 Å². The summed E-state index contributed by atoms with van der Waals surface area (Å²) < 4.78 is 5.49. The molecule has 0 aliphatic carbocycles. The summed E-state index contributed by atoms with van der Waals surface area (Å²) in [6, 6.07) is 11.9. The molecule has 1 heterocycles. The van der Waals surface area contributed by atoms with Gasteiger partial charge >= 0.3 is 0 Å². The number of rotatable bonds is 3. The number of ether oxygens (including phenoxy) is 1. The number of halogens is 2. The zero-order valence-corrected chi connectivity index (χ0v) is 11.8. The molecule has 1 aliphatic heterocycles. The lowest BCUT2D eigenvalue weighted by molar-refractivity contribution is 0.357. The molecule has 0 amide bonds. The maximum absolute atomic E-state index is 6.00. The number of hydrogen-bond donors (Lipinski definition) is 1. The number of nitrogens with one attached hydrogen (secondary N) is 1. The lowest BCUT2D eigenvalue weighted by Gasteiger charge is -2.09. The molecule has 19 heavy (non-hydrogen) atoms. The highest BCUT2D eigenvalue weighted by atomic mass is 35.5. The Morgan fingerprint density at radius 1 is 1.05 bits per heavy atom. The molecule has 0 spiro atoms. The van der Waals surface area contributed by atoms with Gasteiger partial charge in [-0.25, -0.2) is 0 Å². The molecule has 0 unspecified atom stereocenters. The lowest BCUT2D eigenvalue weighted by atomic mass is 10.1. The highest BCUT2D eigenvalue weighted by Crippen LogP contribution is 2.28. The van der Waals surface area contributed by atoms with Crippen LogP contribution in [0.4, 0.5) is 5.69 Å². The van der Waals surface area contributed by atoms with E-state index in [0.29, 0.717) is 10.0 Å². The highest BCUT2D eigenvalue weighted by Gasteiger charge is 2.11. The Hall–Kier alpha value is -1.38. The largest absolute Gasteiger partial charge is 0.493 e. The summed E-state index contributed by atoms with van der Waals surface area (Å²) in [5, 5.41) is 4.55. The molecule has 0 bridgehead atoms. The van der Waals surface area contributed by atoms with Gasteiger partial charge in [0.1, 0.15) is 5.75 Å². The summed E-state index contributed by atoms with van der Waals surface area (Å²) in [5.41, 5.74) is 3.46. The Kier molecular flexibility index (Phi) is 3.54. The number of hydrogen-bond acceptors (Lipinski definition) is 2. The van der Waals surface area contributed by atoms with Gasteiger partial charge in [-0.2, -0.15) is 0 Å². The lowest BCUT2D eigenvalue weighted by Crippen LogP contribution is -1.99. The normalized spacial score (nSPS) is 12.9. The molecule has 2 aromatic carbocycles. The van der Waals surface area contributed by atoms with E-state index in [1.807, 2.05) is 30.3 Å². The van der Waals surface area contributed by atoms with Crippen molar-refractivity contribution < 1.29 is 4.74 Å². The van der Waals surface area contributed by atoms with Crippen LogP contribution in [-0.4, -0.2) is 6.61 Å². The van der Waals surface area contributed by atoms with E-state index in [1.165, 1.54) is 5.56 Å². The third-order valence-corrected chi connectivity index (χ3v) is 3.91. The summed E-state index contributed by atoms with van der Waals surface area (Å²) in [7, 11) is 0. The Bertz CT molecular complexity index is 613. The maximum atomic E-state index is 6.00. The molecule has 1 N–H and O–H groups in total. The van der Waals surface area contributed by atoms with Crippen molar-refractivity contribution in [2.75, 3.05) is 11.9 Å². The molecule has 0 saturated carbocycles. The molecular formula is C15H13Cl2NO. The van der Waals surface area contributed by atoms with Gasteiger partial charge in [-0.3, -0.25) is 0 Å². The van der Waals surface area contributed by atoms with Crippen molar-refractivity contribution in [3.05, 3.63) is 57.6 Å². The quantitative estimate of drug-likeness (QED) is 0.897. The minimum Gasteiger partial charge on any atom is -0.493 e. The third kappa shape index (κ3) is 2.80. The van der Waals surface area contributed by atoms with Crippen LogP contribution in [-0.2, 0) is 13.0 Å². The molecule has 3 rings (SSSR count). The zero-order chi connectivity index (χ0) is 13.2. The van der Waals surface area contributed by atoms with Crippen molar-refractivity contribution in [1.82, 2.24) is 0 Å². The molecule has 0 aromatic heterocycles. The SMILES string of the molecule is Clc1ccc(CNc2ccc3c(c2)CCO3)cc1Cl. The van der Waals surface area contributed by atoms with Gasteiger partial charge in [-0.05, 0) is 41.5 Å². The van der Waals surface area contributed by atoms with E-state index in [4.69, 9.17) is 27.9 Å². The Labute approximate surface area is 122 Å². The van der Waals surface area contributed by atoms with Crippen molar-refractivity contribution in [1.29, 1.82) is 0 Å². The first kappa shape index (κ1) is 12.6. The van der Waals surface area contributed by atoms with Crippen molar-refractivity contribution >= 4 is 28.9 Å². The van der Waals surface area contributed by atoms with Crippen LogP contribution in [0.25, 0.3) is 0 Å². The predicted molar refractivity (Wildman–Crippen MR) is 79.4 cm³/mol. The van der Waals surface area contributed by atoms with Crippen molar-refractivity contribution in [3.8, 4) is 5.75 Å². The van der Waals surface area contributed by atoms with E-state index in [-0.39, 0.29) is 0 Å². The minimum atomic E-state index is 0.583. The highest BCUT2D eigenvalue weighted by molar-refractivity contribution is 6.42. The van der Waals surface area contributed by atoms with Gasteiger partial charge in [0.2, 0.25) is 0 Å². The van der Waals surface area contributed by atoms with Crippen LogP contribution in [0.1, 0.15) is 11.1 Å². The second kappa shape index (κ2) is 5.32. The van der Waals surface area contributed by atoms with Gasteiger partial charge in [0.05, 0.1) is 16.7 Å². The Morgan fingerprint density at radius 3 is 2.79 bits per heavy atom. The van der Waals surface area contributed by atoms with Crippen LogP contribution in [0, 0.1) is 0 Å². The number of fused-ring (bicyclic) bond motifs is 1. The Morgan fingerprint density at radius 2 is 1.95 bits per heavy atom. The number of benzene rings is 2. The van der Waals surface area contributed by atoms with Crippen LogP contribution < -0.4 is 10.1 Å². The van der Waals surface area contributed by atoms with Crippen molar-refractivity contribution in [3.63, 3.8) is 0 Å². The van der Waals surface area contributed by atoms with Gasteiger partial charge in [0.15, 0.2) is 0 Å². The van der Waals surface area contributed by atoms with Gasteiger partial charge in [0, 0.05) is 18.7 Å². The zero-order valence-electron chi connectivity index (χ0n) is 10.2. The summed E-state index contributed by atoms with van der Waals surface area (Å²) in [6.45, 7) is 1.50. The fraction of sp³-hybridized carbons (Fsp3) is 0.200. The van der Waals surface area contributed by atoms with E-state index in [2.05, 4.69) is 11.4 Å². The van der Waals surface area contributed by atoms with E-state index in [0.717, 1.165) is 36.6 Å². The fourth-order valence-corrected chi connectivity index (χ4v) is 2.47. The molecule has 0 radical (unpaired) electrons. The van der Waals surface area contributed by atoms with E-state index in [9.17, 15) is 0 Å². The molecule has 1 aliphatic rings. The van der Waals surface area contributed by atoms with Gasteiger partial charge < -0.3 is 10.1 Å². The molecule has 2 aromatic rings. The Balaban J connectivity index is 1.70. The van der Waals surface area contributed by atoms with Crippen LogP contribution in [0.2, 0.25) is 10.0 Å². The molecule has 2 nitrogen and oxygen atoms in total. The maximum Gasteiger partial charge on any atom is 0.122 e. The number of anilines is 1. The summed E-state index contributed by atoms with van der Waals surface area (Å²) in [6.07, 6.45) is 0.984. The first-order valence-electron chi connectivity index (χ1n) is 6.16. The monoisotopic (exact) mass is 293 g/mol. The first-order valence-corrected chi connectivity index (χ1v) is 6.91. The fourth-order valence-electron chi connectivity index (χ4n) is 2.15. The summed E-state index contributed by atoms with van der Waals surface area (Å²) in [4.78, 5) is 0. The molecule has 0 atom stereocenters. The molecular weight excluding hydrogens is 281 g/mol.